The second-order valence-corrected chi connectivity index (χ2v) is 5.52. The predicted molar refractivity (Wildman–Crippen MR) is 72.9 cm³/mol. The minimum Gasteiger partial charge on any atom is -0.496 e. The van der Waals surface area contributed by atoms with Crippen molar-refractivity contribution in [1.29, 1.82) is 0 Å². The average molecular weight is 249 g/mol. The standard InChI is InChI=1S/C15H23NO2/c1-11-4-7-14(18-3)13(8-11)15(2,10-17)16-9-12-5-6-12/h4,7-8,12,16-17H,5-6,9-10H2,1-3H3. The van der Waals surface area contributed by atoms with Gasteiger partial charge in [0.1, 0.15) is 5.75 Å². The van der Waals surface area contributed by atoms with E-state index in [4.69, 9.17) is 4.74 Å². The molecular formula is C15H23NO2. The van der Waals surface area contributed by atoms with Crippen molar-refractivity contribution in [1.82, 2.24) is 5.32 Å². The Morgan fingerprint density at radius 1 is 1.44 bits per heavy atom. The number of aliphatic hydroxyl groups is 1. The molecule has 1 fully saturated rings. The first-order valence-corrected chi connectivity index (χ1v) is 6.60. The number of hydrogen-bond donors (Lipinski definition) is 2. The third kappa shape index (κ3) is 2.85. The molecule has 3 nitrogen and oxygen atoms in total. The van der Waals surface area contributed by atoms with Crippen LogP contribution in [0.4, 0.5) is 0 Å². The number of methoxy groups -OCH3 is 1. The molecule has 0 amide bonds. The van der Waals surface area contributed by atoms with Crippen LogP contribution in [0.3, 0.4) is 0 Å². The van der Waals surface area contributed by atoms with E-state index in [1.165, 1.54) is 18.4 Å². The monoisotopic (exact) mass is 249 g/mol. The van der Waals surface area contributed by atoms with Crippen LogP contribution >= 0.6 is 0 Å². The number of ether oxygens (including phenoxy) is 1. The molecule has 3 heteroatoms. The second kappa shape index (κ2) is 5.29. The molecular weight excluding hydrogens is 226 g/mol. The molecule has 0 saturated heterocycles. The topological polar surface area (TPSA) is 41.5 Å². The SMILES string of the molecule is COc1ccc(C)cc1C(C)(CO)NCC1CC1. The highest BCUT2D eigenvalue weighted by molar-refractivity contribution is 5.41. The fourth-order valence-electron chi connectivity index (χ4n) is 2.18. The fraction of sp³-hybridized carbons (Fsp3) is 0.600. The molecule has 1 aliphatic rings. The van der Waals surface area contributed by atoms with Gasteiger partial charge in [0, 0.05) is 5.56 Å². The minimum atomic E-state index is -0.431. The van der Waals surface area contributed by atoms with Crippen molar-refractivity contribution >= 4 is 0 Å². The Balaban J connectivity index is 2.25. The van der Waals surface area contributed by atoms with Gasteiger partial charge >= 0.3 is 0 Å². The molecule has 0 radical (unpaired) electrons. The molecule has 2 rings (SSSR count). The fourth-order valence-corrected chi connectivity index (χ4v) is 2.18. The Hall–Kier alpha value is -1.06. The number of aryl methyl sites for hydroxylation is 1. The Morgan fingerprint density at radius 2 is 2.17 bits per heavy atom. The largest absolute Gasteiger partial charge is 0.496 e. The molecule has 0 spiro atoms. The van der Waals surface area contributed by atoms with Gasteiger partial charge in [-0.3, -0.25) is 0 Å². The summed E-state index contributed by atoms with van der Waals surface area (Å²) in [7, 11) is 1.67. The molecule has 1 saturated carbocycles. The number of aliphatic hydroxyl groups excluding tert-OH is 1. The molecule has 1 aliphatic carbocycles. The lowest BCUT2D eigenvalue weighted by Crippen LogP contribution is -2.44. The van der Waals surface area contributed by atoms with Crippen LogP contribution in [-0.2, 0) is 5.54 Å². The van der Waals surface area contributed by atoms with Gasteiger partial charge in [0.2, 0.25) is 0 Å². The van der Waals surface area contributed by atoms with Crippen LogP contribution in [0.2, 0.25) is 0 Å². The van der Waals surface area contributed by atoms with Crippen molar-refractivity contribution < 1.29 is 9.84 Å². The van der Waals surface area contributed by atoms with Gasteiger partial charge in [0.15, 0.2) is 0 Å². The van der Waals surface area contributed by atoms with Gasteiger partial charge < -0.3 is 15.2 Å². The summed E-state index contributed by atoms with van der Waals surface area (Å²) in [5, 5.41) is 13.3. The van der Waals surface area contributed by atoms with Crippen LogP contribution in [-0.4, -0.2) is 25.4 Å². The van der Waals surface area contributed by atoms with Gasteiger partial charge in [-0.05, 0) is 45.2 Å². The van der Waals surface area contributed by atoms with E-state index < -0.39 is 5.54 Å². The van der Waals surface area contributed by atoms with Crippen LogP contribution < -0.4 is 10.1 Å². The lowest BCUT2D eigenvalue weighted by molar-refractivity contribution is 0.170. The smallest absolute Gasteiger partial charge is 0.124 e. The summed E-state index contributed by atoms with van der Waals surface area (Å²) in [4.78, 5) is 0. The molecule has 1 aromatic rings. The highest BCUT2D eigenvalue weighted by Crippen LogP contribution is 2.33. The summed E-state index contributed by atoms with van der Waals surface area (Å²) in [5.74, 6) is 1.62. The van der Waals surface area contributed by atoms with E-state index in [2.05, 4.69) is 18.3 Å². The molecule has 1 unspecified atom stereocenters. The maximum atomic E-state index is 9.76. The zero-order valence-electron chi connectivity index (χ0n) is 11.5. The van der Waals surface area contributed by atoms with Gasteiger partial charge in [0.05, 0.1) is 19.3 Å². The lowest BCUT2D eigenvalue weighted by atomic mass is 9.90. The highest BCUT2D eigenvalue weighted by Gasteiger charge is 2.31. The van der Waals surface area contributed by atoms with E-state index in [1.54, 1.807) is 7.11 Å². The van der Waals surface area contributed by atoms with Crippen LogP contribution in [0, 0.1) is 12.8 Å². The van der Waals surface area contributed by atoms with Crippen molar-refractivity contribution in [2.45, 2.75) is 32.2 Å². The van der Waals surface area contributed by atoms with Gasteiger partial charge in [-0.2, -0.15) is 0 Å². The molecule has 100 valence electrons. The summed E-state index contributed by atoms with van der Waals surface area (Å²) < 4.78 is 5.42. The molecule has 0 aromatic heterocycles. The van der Waals surface area contributed by atoms with E-state index in [-0.39, 0.29) is 6.61 Å². The molecule has 0 heterocycles. The third-order valence-electron chi connectivity index (χ3n) is 3.74. The van der Waals surface area contributed by atoms with Crippen molar-refractivity contribution in [3.05, 3.63) is 29.3 Å². The van der Waals surface area contributed by atoms with E-state index in [1.807, 2.05) is 19.1 Å². The van der Waals surface area contributed by atoms with Gasteiger partial charge in [0.25, 0.3) is 0 Å². The Morgan fingerprint density at radius 3 is 2.72 bits per heavy atom. The maximum Gasteiger partial charge on any atom is 0.124 e. The molecule has 0 aliphatic heterocycles. The molecule has 1 aromatic carbocycles. The number of hydrogen-bond acceptors (Lipinski definition) is 3. The summed E-state index contributed by atoms with van der Waals surface area (Å²) in [6.45, 7) is 5.13. The van der Waals surface area contributed by atoms with Crippen molar-refractivity contribution in [2.75, 3.05) is 20.3 Å². The maximum absolute atomic E-state index is 9.76. The molecule has 2 N–H and O–H groups in total. The average Bonchev–Trinajstić information content (AvgIpc) is 3.20. The second-order valence-electron chi connectivity index (χ2n) is 5.52. The van der Waals surface area contributed by atoms with Crippen LogP contribution in [0.15, 0.2) is 18.2 Å². The Labute approximate surface area is 109 Å². The van der Waals surface area contributed by atoms with Crippen LogP contribution in [0.25, 0.3) is 0 Å². The Kier molecular flexibility index (Phi) is 3.93. The number of rotatable bonds is 6. The first kappa shape index (κ1) is 13.4. The quantitative estimate of drug-likeness (QED) is 0.812. The lowest BCUT2D eigenvalue weighted by Gasteiger charge is -2.31. The minimum absolute atomic E-state index is 0.0690. The Bertz CT molecular complexity index is 415. The first-order valence-electron chi connectivity index (χ1n) is 6.60. The summed E-state index contributed by atoms with van der Waals surface area (Å²) in [5.41, 5.74) is 1.78. The molecule has 18 heavy (non-hydrogen) atoms. The summed E-state index contributed by atoms with van der Waals surface area (Å²) in [6.07, 6.45) is 2.61. The number of nitrogens with one attached hydrogen (secondary N) is 1. The summed E-state index contributed by atoms with van der Waals surface area (Å²) in [6, 6.07) is 6.09. The zero-order chi connectivity index (χ0) is 13.2. The van der Waals surface area contributed by atoms with E-state index in [9.17, 15) is 5.11 Å². The van der Waals surface area contributed by atoms with E-state index in [0.29, 0.717) is 0 Å². The first-order chi connectivity index (χ1) is 8.59. The van der Waals surface area contributed by atoms with Crippen molar-refractivity contribution in [2.24, 2.45) is 5.92 Å². The highest BCUT2D eigenvalue weighted by atomic mass is 16.5. The van der Waals surface area contributed by atoms with Gasteiger partial charge in [-0.15, -0.1) is 0 Å². The summed E-state index contributed by atoms with van der Waals surface area (Å²) >= 11 is 0. The van der Waals surface area contributed by atoms with Gasteiger partial charge in [-0.25, -0.2) is 0 Å². The van der Waals surface area contributed by atoms with E-state index >= 15 is 0 Å². The van der Waals surface area contributed by atoms with Crippen molar-refractivity contribution in [3.63, 3.8) is 0 Å². The normalized spacial score (nSPS) is 18.4. The van der Waals surface area contributed by atoms with Crippen LogP contribution in [0.5, 0.6) is 5.75 Å². The molecule has 1 atom stereocenters. The number of benzene rings is 1. The third-order valence-corrected chi connectivity index (χ3v) is 3.74. The van der Waals surface area contributed by atoms with Crippen molar-refractivity contribution in [3.8, 4) is 5.75 Å². The molecule has 0 bridgehead atoms. The van der Waals surface area contributed by atoms with E-state index in [0.717, 1.165) is 23.8 Å². The predicted octanol–water partition coefficient (Wildman–Crippen LogP) is 2.21. The zero-order valence-corrected chi connectivity index (χ0v) is 11.5. The van der Waals surface area contributed by atoms with Crippen LogP contribution in [0.1, 0.15) is 30.9 Å². The van der Waals surface area contributed by atoms with Gasteiger partial charge in [-0.1, -0.05) is 17.7 Å².